The SMILES string of the molecule is O=C(Cn1cc(/C=C2\C(=O)Nc3ccccc32)c2ccccc21)NCC1CCCO1. The number of anilines is 1. The summed E-state index contributed by atoms with van der Waals surface area (Å²) in [5.74, 6) is -0.156. The van der Waals surface area contributed by atoms with Gasteiger partial charge in [0.25, 0.3) is 5.91 Å². The standard InChI is InChI=1S/C24H23N3O3/c28-23(25-13-17-6-5-11-30-17)15-27-14-16(18-7-2-4-10-22(18)27)12-20-19-8-1-3-9-21(19)26-24(20)29/h1-4,7-10,12,14,17H,5-6,11,13,15H2,(H,25,28)(H,26,29)/b20-12-. The summed E-state index contributed by atoms with van der Waals surface area (Å²) in [4.78, 5) is 25.0. The van der Waals surface area contributed by atoms with Gasteiger partial charge in [-0.3, -0.25) is 9.59 Å². The lowest BCUT2D eigenvalue weighted by Gasteiger charge is -2.11. The van der Waals surface area contributed by atoms with E-state index < -0.39 is 0 Å². The van der Waals surface area contributed by atoms with E-state index in [1.54, 1.807) is 0 Å². The Labute approximate surface area is 174 Å². The first kappa shape index (κ1) is 18.6. The molecule has 1 fully saturated rings. The van der Waals surface area contributed by atoms with Crippen molar-refractivity contribution < 1.29 is 14.3 Å². The van der Waals surface area contributed by atoms with Crippen molar-refractivity contribution in [2.75, 3.05) is 18.5 Å². The summed E-state index contributed by atoms with van der Waals surface area (Å²) >= 11 is 0. The van der Waals surface area contributed by atoms with E-state index in [1.165, 1.54) is 0 Å². The van der Waals surface area contributed by atoms with E-state index in [9.17, 15) is 9.59 Å². The van der Waals surface area contributed by atoms with Gasteiger partial charge in [-0.25, -0.2) is 0 Å². The molecule has 1 aromatic heterocycles. The van der Waals surface area contributed by atoms with E-state index in [0.717, 1.165) is 47.2 Å². The van der Waals surface area contributed by atoms with Crippen LogP contribution in [0, 0.1) is 0 Å². The number of hydrogen-bond acceptors (Lipinski definition) is 3. The smallest absolute Gasteiger partial charge is 0.256 e. The van der Waals surface area contributed by atoms with E-state index in [2.05, 4.69) is 10.6 Å². The van der Waals surface area contributed by atoms with Crippen molar-refractivity contribution in [1.29, 1.82) is 0 Å². The quantitative estimate of drug-likeness (QED) is 0.644. The summed E-state index contributed by atoms with van der Waals surface area (Å²) in [6.45, 7) is 1.54. The highest BCUT2D eigenvalue weighted by Gasteiger charge is 2.24. The van der Waals surface area contributed by atoms with Crippen LogP contribution in [-0.2, 0) is 20.9 Å². The Morgan fingerprint density at radius 1 is 1.20 bits per heavy atom. The Balaban J connectivity index is 1.43. The lowest BCUT2D eigenvalue weighted by molar-refractivity contribution is -0.122. The van der Waals surface area contributed by atoms with Crippen LogP contribution in [0.25, 0.3) is 22.6 Å². The number of amides is 2. The van der Waals surface area contributed by atoms with Gasteiger partial charge in [0.15, 0.2) is 0 Å². The second kappa shape index (κ2) is 7.80. The molecule has 0 spiro atoms. The van der Waals surface area contributed by atoms with Crippen LogP contribution in [0.15, 0.2) is 54.7 Å². The summed E-state index contributed by atoms with van der Waals surface area (Å²) in [5, 5.41) is 6.89. The summed E-state index contributed by atoms with van der Waals surface area (Å²) < 4.78 is 7.51. The van der Waals surface area contributed by atoms with Gasteiger partial charge in [-0.1, -0.05) is 36.4 Å². The number of nitrogens with zero attached hydrogens (tertiary/aromatic N) is 1. The van der Waals surface area contributed by atoms with Crippen molar-refractivity contribution in [1.82, 2.24) is 9.88 Å². The van der Waals surface area contributed by atoms with Gasteiger partial charge in [-0.2, -0.15) is 0 Å². The van der Waals surface area contributed by atoms with Crippen molar-refractivity contribution in [3.8, 4) is 0 Å². The maximum atomic E-state index is 12.5. The van der Waals surface area contributed by atoms with E-state index >= 15 is 0 Å². The second-order valence-corrected chi connectivity index (χ2v) is 7.73. The average molecular weight is 401 g/mol. The molecule has 5 rings (SSSR count). The normalized spacial score (nSPS) is 19.3. The highest BCUT2D eigenvalue weighted by molar-refractivity contribution is 6.35. The molecule has 2 amide bonds. The van der Waals surface area contributed by atoms with Crippen molar-refractivity contribution in [2.24, 2.45) is 0 Å². The molecule has 2 aromatic carbocycles. The van der Waals surface area contributed by atoms with Gasteiger partial charge in [0, 0.05) is 52.6 Å². The molecule has 2 aliphatic rings. The molecule has 0 radical (unpaired) electrons. The highest BCUT2D eigenvalue weighted by Crippen LogP contribution is 2.34. The fourth-order valence-electron chi connectivity index (χ4n) is 4.20. The summed E-state index contributed by atoms with van der Waals surface area (Å²) in [5.41, 5.74) is 4.23. The van der Waals surface area contributed by atoms with Crippen molar-refractivity contribution in [3.63, 3.8) is 0 Å². The zero-order valence-corrected chi connectivity index (χ0v) is 16.6. The topological polar surface area (TPSA) is 72.4 Å². The first-order valence-corrected chi connectivity index (χ1v) is 10.3. The van der Waals surface area contributed by atoms with Crippen molar-refractivity contribution in [3.05, 3.63) is 65.9 Å². The van der Waals surface area contributed by atoms with Crippen molar-refractivity contribution >= 4 is 40.1 Å². The molecule has 6 nitrogen and oxygen atoms in total. The molecule has 0 bridgehead atoms. The van der Waals surface area contributed by atoms with Crippen LogP contribution in [0.5, 0.6) is 0 Å². The Morgan fingerprint density at radius 3 is 2.90 bits per heavy atom. The summed E-state index contributed by atoms with van der Waals surface area (Å²) in [7, 11) is 0. The second-order valence-electron chi connectivity index (χ2n) is 7.73. The first-order chi connectivity index (χ1) is 14.7. The number of ether oxygens (including phenoxy) is 1. The number of fused-ring (bicyclic) bond motifs is 2. The Bertz CT molecular complexity index is 1160. The molecule has 1 unspecified atom stereocenters. The van der Waals surface area contributed by atoms with Gasteiger partial charge < -0.3 is 19.9 Å². The fourth-order valence-corrected chi connectivity index (χ4v) is 4.20. The zero-order chi connectivity index (χ0) is 20.5. The average Bonchev–Trinajstić information content (AvgIpc) is 3.47. The molecule has 6 heteroatoms. The maximum absolute atomic E-state index is 12.5. The van der Waals surface area contributed by atoms with Crippen molar-refractivity contribution in [2.45, 2.75) is 25.5 Å². The molecule has 2 aliphatic heterocycles. The van der Waals surface area contributed by atoms with Crippen LogP contribution < -0.4 is 10.6 Å². The highest BCUT2D eigenvalue weighted by atomic mass is 16.5. The minimum absolute atomic E-state index is 0.0468. The van der Waals surface area contributed by atoms with E-state index in [1.807, 2.05) is 65.4 Å². The molecule has 30 heavy (non-hydrogen) atoms. The number of nitrogens with one attached hydrogen (secondary N) is 2. The van der Waals surface area contributed by atoms with Gasteiger partial charge in [0.1, 0.15) is 6.54 Å². The number of hydrogen-bond donors (Lipinski definition) is 2. The molecular weight excluding hydrogens is 378 g/mol. The van der Waals surface area contributed by atoms with Crippen LogP contribution in [0.4, 0.5) is 5.69 Å². The molecule has 2 N–H and O–H groups in total. The molecule has 3 aromatic rings. The molecule has 0 aliphatic carbocycles. The van der Waals surface area contributed by atoms with Gasteiger partial charge in [-0.05, 0) is 31.1 Å². The monoisotopic (exact) mass is 401 g/mol. The van der Waals surface area contributed by atoms with Crippen LogP contribution in [0.3, 0.4) is 0 Å². The third-order valence-corrected chi connectivity index (χ3v) is 5.69. The molecule has 1 saturated heterocycles. The molecule has 3 heterocycles. The number of carbonyl (C=O) groups is 2. The van der Waals surface area contributed by atoms with Crippen LogP contribution >= 0.6 is 0 Å². The largest absolute Gasteiger partial charge is 0.376 e. The van der Waals surface area contributed by atoms with Gasteiger partial charge >= 0.3 is 0 Å². The van der Waals surface area contributed by atoms with Gasteiger partial charge in [-0.15, -0.1) is 0 Å². The Kier molecular flexibility index (Phi) is 4.85. The molecule has 0 saturated carbocycles. The Hall–Kier alpha value is -3.38. The lowest BCUT2D eigenvalue weighted by Crippen LogP contribution is -2.34. The number of carbonyl (C=O) groups excluding carboxylic acids is 2. The molecular formula is C24H23N3O3. The minimum atomic E-state index is -0.109. The molecule has 1 atom stereocenters. The van der Waals surface area contributed by atoms with Gasteiger partial charge in [0.05, 0.1) is 6.10 Å². The first-order valence-electron chi connectivity index (χ1n) is 10.3. The van der Waals surface area contributed by atoms with E-state index in [0.29, 0.717) is 12.1 Å². The maximum Gasteiger partial charge on any atom is 0.256 e. The predicted molar refractivity (Wildman–Crippen MR) is 117 cm³/mol. The van der Waals surface area contributed by atoms with Crippen LogP contribution in [0.1, 0.15) is 24.0 Å². The van der Waals surface area contributed by atoms with E-state index in [-0.39, 0.29) is 24.5 Å². The number of rotatable bonds is 5. The molecule has 152 valence electrons. The van der Waals surface area contributed by atoms with E-state index in [4.69, 9.17) is 4.74 Å². The van der Waals surface area contributed by atoms with Crippen LogP contribution in [-0.4, -0.2) is 35.6 Å². The summed E-state index contributed by atoms with van der Waals surface area (Å²) in [6.07, 6.45) is 6.02. The third kappa shape index (κ3) is 3.50. The zero-order valence-electron chi connectivity index (χ0n) is 16.6. The number of aromatic nitrogens is 1. The fraction of sp³-hybridized carbons (Fsp3) is 0.250. The van der Waals surface area contributed by atoms with Crippen LogP contribution in [0.2, 0.25) is 0 Å². The Morgan fingerprint density at radius 2 is 2.03 bits per heavy atom. The number of benzene rings is 2. The lowest BCUT2D eigenvalue weighted by atomic mass is 10.0. The predicted octanol–water partition coefficient (Wildman–Crippen LogP) is 3.43. The summed E-state index contributed by atoms with van der Waals surface area (Å²) in [6, 6.07) is 15.6. The van der Waals surface area contributed by atoms with Gasteiger partial charge in [0.2, 0.25) is 5.91 Å². The third-order valence-electron chi connectivity index (χ3n) is 5.69. The number of para-hydroxylation sites is 2. The minimum Gasteiger partial charge on any atom is -0.376 e.